The summed E-state index contributed by atoms with van der Waals surface area (Å²) in [5, 5.41) is 0.167. The van der Waals surface area contributed by atoms with Gasteiger partial charge in [-0.05, 0) is 72.9 Å². The maximum Gasteiger partial charge on any atom is 0.191 e. The van der Waals surface area contributed by atoms with Crippen LogP contribution in [0.2, 0.25) is 18.1 Å². The number of rotatable bonds is 13. The monoisotopic (exact) mass is 606 g/mol. The third-order valence-electron chi connectivity index (χ3n) is 10.1. The lowest BCUT2D eigenvalue weighted by Gasteiger charge is -2.38. The van der Waals surface area contributed by atoms with Crippen molar-refractivity contribution in [1.29, 1.82) is 0 Å². The van der Waals surface area contributed by atoms with Crippen molar-refractivity contribution in [2.75, 3.05) is 12.4 Å². The van der Waals surface area contributed by atoms with E-state index in [9.17, 15) is 8.42 Å². The molecule has 1 aromatic carbocycles. The highest BCUT2D eigenvalue weighted by atomic mass is 32.2. The van der Waals surface area contributed by atoms with Gasteiger partial charge < -0.3 is 13.9 Å². The molecule has 0 saturated carbocycles. The molecule has 2 saturated heterocycles. The lowest BCUT2D eigenvalue weighted by atomic mass is 9.81. The van der Waals surface area contributed by atoms with E-state index in [1.165, 1.54) is 0 Å². The molecule has 2 heterocycles. The van der Waals surface area contributed by atoms with Crippen LogP contribution in [-0.2, 0) is 23.7 Å². The van der Waals surface area contributed by atoms with Crippen molar-refractivity contribution >= 4 is 18.2 Å². The highest BCUT2D eigenvalue weighted by Gasteiger charge is 2.46. The maximum absolute atomic E-state index is 13.6. The fourth-order valence-electron chi connectivity index (χ4n) is 6.11. The number of hydrogen-bond acceptors (Lipinski definition) is 5. The molecule has 1 unspecified atom stereocenters. The van der Waals surface area contributed by atoms with E-state index in [-0.39, 0.29) is 47.0 Å². The summed E-state index contributed by atoms with van der Waals surface area (Å²) in [4.78, 5) is 0.386. The van der Waals surface area contributed by atoms with Crippen LogP contribution >= 0.6 is 0 Å². The first-order chi connectivity index (χ1) is 19.1. The topological polar surface area (TPSA) is 61.8 Å². The summed E-state index contributed by atoms with van der Waals surface area (Å²) < 4.78 is 47.1. The molecule has 2 aliphatic rings. The van der Waals surface area contributed by atoms with Crippen LogP contribution in [0.1, 0.15) is 87.0 Å². The van der Waals surface area contributed by atoms with Gasteiger partial charge in [0, 0.05) is 18.9 Å². The van der Waals surface area contributed by atoms with Crippen LogP contribution in [0.4, 0.5) is 0 Å². The van der Waals surface area contributed by atoms with Crippen LogP contribution in [0.25, 0.3) is 0 Å². The van der Waals surface area contributed by atoms with Crippen LogP contribution < -0.4 is 0 Å². The normalized spacial score (nSPS) is 30.5. The maximum atomic E-state index is 13.6. The lowest BCUT2D eigenvalue weighted by Crippen LogP contribution is -2.42. The molecule has 0 N–H and O–H groups in total. The second-order valence-electron chi connectivity index (χ2n) is 14.6. The molecule has 2 aliphatic heterocycles. The lowest BCUT2D eigenvalue weighted by molar-refractivity contribution is -0.0704. The zero-order chi connectivity index (χ0) is 30.6. The SMILES string of the molecule is C=C1C(C[C@@H]2O[C@H](C[C@H](C)CO[Si](C)(C)C(C)(C)C)[C@H](C)[C@H]2CS(=O)(=O)c2ccccc2)O[C@@H](CCCC)C[C@H]1C. The minimum atomic E-state index is -3.46. The molecule has 0 bridgehead atoms. The van der Waals surface area contributed by atoms with Gasteiger partial charge in [-0.25, -0.2) is 8.42 Å². The summed E-state index contributed by atoms with van der Waals surface area (Å²) in [6.45, 7) is 25.4. The molecule has 234 valence electrons. The van der Waals surface area contributed by atoms with Gasteiger partial charge in [-0.15, -0.1) is 0 Å². The number of sulfone groups is 1. The summed E-state index contributed by atoms with van der Waals surface area (Å²) in [6, 6.07) is 8.85. The summed E-state index contributed by atoms with van der Waals surface area (Å²) in [5.41, 5.74) is 1.12. The van der Waals surface area contributed by atoms with E-state index in [2.05, 4.69) is 68.1 Å². The highest BCUT2D eigenvalue weighted by Crippen LogP contribution is 2.43. The molecular formula is C34H58O5SSi. The molecule has 1 aromatic rings. The molecule has 0 aliphatic carbocycles. The van der Waals surface area contributed by atoms with E-state index in [0.29, 0.717) is 29.8 Å². The smallest absolute Gasteiger partial charge is 0.191 e. The molecule has 2 fully saturated rings. The fourth-order valence-corrected chi connectivity index (χ4v) is 9.03. The number of hydrogen-bond donors (Lipinski definition) is 0. The Balaban J connectivity index is 1.78. The van der Waals surface area contributed by atoms with Gasteiger partial charge in [0.05, 0.1) is 35.1 Å². The standard InChI is InChI=1S/C34H58O5SSi/c1-11-12-16-28-20-25(3)26(4)32(38-28)21-33-30(23-40(35,36)29-17-14-13-15-18-29)27(5)31(39-33)19-24(2)22-37-41(9,10)34(6,7)8/h13-15,17-18,24-25,27-28,30-33H,4,11-12,16,19-23H2,1-3,5-10H3/t24-,25+,27+,28-,30+,31+,32?,33-/m0/s1. The average Bonchev–Trinajstić information content (AvgIpc) is 3.17. The first-order valence-electron chi connectivity index (χ1n) is 16.0. The second kappa shape index (κ2) is 14.2. The van der Waals surface area contributed by atoms with Crippen molar-refractivity contribution in [2.24, 2.45) is 23.7 Å². The van der Waals surface area contributed by atoms with Crippen LogP contribution in [0.15, 0.2) is 47.4 Å². The Kier molecular flexibility index (Phi) is 11.9. The summed E-state index contributed by atoms with van der Waals surface area (Å²) in [5.74, 6) is 0.799. The van der Waals surface area contributed by atoms with E-state index in [0.717, 1.165) is 37.7 Å². The van der Waals surface area contributed by atoms with Crippen LogP contribution in [-0.4, -0.2) is 53.5 Å². The Hall–Kier alpha value is -0.993. The fraction of sp³-hybridized carbons (Fsp3) is 0.765. The van der Waals surface area contributed by atoms with E-state index in [1.54, 1.807) is 24.3 Å². The van der Waals surface area contributed by atoms with E-state index < -0.39 is 18.2 Å². The number of ether oxygens (including phenoxy) is 2. The minimum absolute atomic E-state index is 0.0147. The molecule has 7 heteroatoms. The van der Waals surface area contributed by atoms with Crippen molar-refractivity contribution in [3.8, 4) is 0 Å². The highest BCUT2D eigenvalue weighted by molar-refractivity contribution is 7.91. The van der Waals surface area contributed by atoms with Crippen LogP contribution in [0, 0.1) is 23.7 Å². The predicted octanol–water partition coefficient (Wildman–Crippen LogP) is 8.46. The third-order valence-corrected chi connectivity index (χ3v) is 16.4. The Labute approximate surface area is 252 Å². The predicted molar refractivity (Wildman–Crippen MR) is 172 cm³/mol. The largest absolute Gasteiger partial charge is 0.417 e. The second-order valence-corrected chi connectivity index (χ2v) is 21.4. The van der Waals surface area contributed by atoms with Crippen LogP contribution in [0.5, 0.6) is 0 Å². The van der Waals surface area contributed by atoms with Gasteiger partial charge >= 0.3 is 0 Å². The van der Waals surface area contributed by atoms with E-state index >= 15 is 0 Å². The van der Waals surface area contributed by atoms with Gasteiger partial charge in [-0.3, -0.25) is 0 Å². The third kappa shape index (κ3) is 9.01. The number of benzene rings is 1. The summed E-state index contributed by atoms with van der Waals surface area (Å²) >= 11 is 0. The average molecular weight is 607 g/mol. The Bertz CT molecular complexity index is 1080. The van der Waals surface area contributed by atoms with Gasteiger partial charge in [-0.2, -0.15) is 0 Å². The molecule has 41 heavy (non-hydrogen) atoms. The molecule has 0 radical (unpaired) electrons. The first-order valence-corrected chi connectivity index (χ1v) is 20.5. The molecule has 3 rings (SSSR count). The first kappa shape index (κ1) is 34.5. The number of unbranched alkanes of at least 4 members (excludes halogenated alkanes) is 1. The molecule has 0 aromatic heterocycles. The van der Waals surface area contributed by atoms with Crippen molar-refractivity contribution in [3.05, 3.63) is 42.5 Å². The Morgan fingerprint density at radius 3 is 2.37 bits per heavy atom. The van der Waals surface area contributed by atoms with E-state index in [1.807, 2.05) is 6.07 Å². The minimum Gasteiger partial charge on any atom is -0.417 e. The summed E-state index contributed by atoms with van der Waals surface area (Å²) in [7, 11) is -5.30. The quantitative estimate of drug-likeness (QED) is 0.167. The molecular weight excluding hydrogens is 549 g/mol. The molecule has 5 nitrogen and oxygen atoms in total. The Morgan fingerprint density at radius 1 is 1.10 bits per heavy atom. The molecule has 8 atom stereocenters. The van der Waals surface area contributed by atoms with Crippen molar-refractivity contribution in [2.45, 2.75) is 134 Å². The molecule has 0 amide bonds. The van der Waals surface area contributed by atoms with E-state index in [4.69, 9.17) is 13.9 Å². The van der Waals surface area contributed by atoms with Crippen molar-refractivity contribution in [3.63, 3.8) is 0 Å². The van der Waals surface area contributed by atoms with Gasteiger partial charge in [0.1, 0.15) is 0 Å². The molecule has 0 spiro atoms. The van der Waals surface area contributed by atoms with Crippen molar-refractivity contribution < 1.29 is 22.3 Å². The zero-order valence-corrected chi connectivity index (χ0v) is 29.1. The van der Waals surface area contributed by atoms with Gasteiger partial charge in [0.2, 0.25) is 0 Å². The summed E-state index contributed by atoms with van der Waals surface area (Å²) in [6.07, 6.45) is 5.83. The van der Waals surface area contributed by atoms with Gasteiger partial charge in [0.25, 0.3) is 0 Å². The van der Waals surface area contributed by atoms with Gasteiger partial charge in [-0.1, -0.05) is 86.1 Å². The Morgan fingerprint density at radius 2 is 1.76 bits per heavy atom. The van der Waals surface area contributed by atoms with Gasteiger partial charge in [0.15, 0.2) is 18.2 Å². The van der Waals surface area contributed by atoms with Crippen LogP contribution in [0.3, 0.4) is 0 Å². The zero-order valence-electron chi connectivity index (χ0n) is 27.3. The van der Waals surface area contributed by atoms with Crippen molar-refractivity contribution in [1.82, 2.24) is 0 Å².